The Morgan fingerprint density at radius 1 is 0.882 bits per heavy atom. The van der Waals surface area contributed by atoms with Crippen molar-refractivity contribution in [2.75, 3.05) is 24.7 Å². The fraction of sp³-hybridized carbons (Fsp3) is 0.320. The zero-order valence-corrected chi connectivity index (χ0v) is 20.0. The highest BCUT2D eigenvalue weighted by atomic mass is 32.2. The number of ether oxygens (including phenoxy) is 3. The zero-order chi connectivity index (χ0) is 24.6. The highest BCUT2D eigenvalue weighted by Crippen LogP contribution is 2.12. The van der Waals surface area contributed by atoms with Crippen molar-refractivity contribution in [2.45, 2.75) is 26.1 Å². The van der Waals surface area contributed by atoms with Crippen LogP contribution in [0.25, 0.3) is 0 Å². The molecule has 2 rings (SSSR count). The minimum Gasteiger partial charge on any atom is -0.463 e. The third-order valence-electron chi connectivity index (χ3n) is 4.38. The molecule has 1 atom stereocenters. The molecule has 0 aliphatic carbocycles. The Labute approximate surface area is 204 Å². The van der Waals surface area contributed by atoms with E-state index in [0.29, 0.717) is 30.2 Å². The van der Waals surface area contributed by atoms with Gasteiger partial charge in [0.1, 0.15) is 12.7 Å². The molecule has 2 aromatic carbocycles. The van der Waals surface area contributed by atoms with Gasteiger partial charge < -0.3 is 24.8 Å². The standard InChI is InChI=1S/C25H30N2O6S/c1-3-31-23(28)19(2)17-34-18-22(33-25(30)27-15-21-12-8-5-9-13-21)16-32-24(29)26-14-20-10-6-4-7-11-20/h4-13,22H,2-3,14-18H2,1H3,(H,26,29)(H,27,30). The third kappa shape index (κ3) is 10.9. The summed E-state index contributed by atoms with van der Waals surface area (Å²) in [6, 6.07) is 18.8. The number of esters is 1. The van der Waals surface area contributed by atoms with Gasteiger partial charge in [-0.15, -0.1) is 0 Å². The predicted octanol–water partition coefficient (Wildman–Crippen LogP) is 4.06. The molecule has 0 radical (unpaired) electrons. The average molecular weight is 487 g/mol. The minimum atomic E-state index is -0.724. The number of hydrogen-bond donors (Lipinski definition) is 2. The van der Waals surface area contributed by atoms with E-state index in [4.69, 9.17) is 14.2 Å². The first-order chi connectivity index (χ1) is 16.5. The average Bonchev–Trinajstić information content (AvgIpc) is 2.86. The number of alkyl carbamates (subject to hydrolysis) is 2. The number of hydrogen-bond acceptors (Lipinski definition) is 7. The minimum absolute atomic E-state index is 0.141. The van der Waals surface area contributed by atoms with Crippen molar-refractivity contribution in [3.8, 4) is 0 Å². The summed E-state index contributed by atoms with van der Waals surface area (Å²) in [7, 11) is 0. The van der Waals surface area contributed by atoms with Gasteiger partial charge in [-0.3, -0.25) is 0 Å². The first-order valence-electron chi connectivity index (χ1n) is 10.8. The molecule has 0 aliphatic rings. The summed E-state index contributed by atoms with van der Waals surface area (Å²) in [5, 5.41) is 5.34. The van der Waals surface area contributed by atoms with Crippen LogP contribution < -0.4 is 10.6 Å². The van der Waals surface area contributed by atoms with Crippen LogP contribution in [0.15, 0.2) is 72.8 Å². The molecule has 0 bridgehead atoms. The molecule has 2 amide bonds. The molecule has 0 saturated carbocycles. The maximum atomic E-state index is 12.3. The molecule has 8 nitrogen and oxygen atoms in total. The van der Waals surface area contributed by atoms with Crippen molar-refractivity contribution in [3.63, 3.8) is 0 Å². The summed E-state index contributed by atoms with van der Waals surface area (Å²) in [5.74, 6) is 0.123. The van der Waals surface area contributed by atoms with Crippen LogP contribution in [0, 0.1) is 0 Å². The number of nitrogens with one attached hydrogen (secondary N) is 2. The number of amides is 2. The second-order valence-corrected chi connectivity index (χ2v) is 8.17. The molecule has 0 saturated heterocycles. The van der Waals surface area contributed by atoms with Gasteiger partial charge in [-0.2, -0.15) is 11.8 Å². The van der Waals surface area contributed by atoms with Crippen molar-refractivity contribution in [3.05, 3.63) is 83.9 Å². The van der Waals surface area contributed by atoms with Crippen molar-refractivity contribution < 1.29 is 28.6 Å². The van der Waals surface area contributed by atoms with E-state index in [-0.39, 0.29) is 13.2 Å². The van der Waals surface area contributed by atoms with Crippen molar-refractivity contribution in [1.82, 2.24) is 10.6 Å². The largest absolute Gasteiger partial charge is 0.463 e. The van der Waals surface area contributed by atoms with Gasteiger partial charge in [0.25, 0.3) is 0 Å². The molecule has 0 aliphatic heterocycles. The van der Waals surface area contributed by atoms with E-state index in [1.54, 1.807) is 6.92 Å². The molecular weight excluding hydrogens is 456 g/mol. The maximum Gasteiger partial charge on any atom is 0.407 e. The molecular formula is C25H30N2O6S. The van der Waals surface area contributed by atoms with Crippen molar-refractivity contribution in [1.29, 1.82) is 0 Å². The maximum absolute atomic E-state index is 12.3. The van der Waals surface area contributed by atoms with E-state index in [1.807, 2.05) is 60.7 Å². The van der Waals surface area contributed by atoms with E-state index in [2.05, 4.69) is 17.2 Å². The fourth-order valence-corrected chi connectivity index (χ4v) is 3.58. The zero-order valence-electron chi connectivity index (χ0n) is 19.2. The quantitative estimate of drug-likeness (QED) is 0.250. The van der Waals surface area contributed by atoms with Crippen LogP contribution in [0.1, 0.15) is 18.1 Å². The topological polar surface area (TPSA) is 103 Å². The molecule has 2 aromatic rings. The van der Waals surface area contributed by atoms with Gasteiger partial charge in [0.2, 0.25) is 0 Å². The first kappa shape index (κ1) is 26.8. The number of carbonyl (C=O) groups is 3. The fourth-order valence-electron chi connectivity index (χ4n) is 2.67. The van der Waals surface area contributed by atoms with Crippen LogP contribution in [0.4, 0.5) is 9.59 Å². The smallest absolute Gasteiger partial charge is 0.407 e. The highest BCUT2D eigenvalue weighted by molar-refractivity contribution is 7.99. The lowest BCUT2D eigenvalue weighted by Crippen LogP contribution is -2.35. The predicted molar refractivity (Wildman–Crippen MR) is 131 cm³/mol. The molecule has 0 heterocycles. The van der Waals surface area contributed by atoms with Crippen LogP contribution in [0.3, 0.4) is 0 Å². The lowest BCUT2D eigenvalue weighted by Gasteiger charge is -2.18. The van der Waals surface area contributed by atoms with Gasteiger partial charge in [0.15, 0.2) is 0 Å². The second-order valence-electron chi connectivity index (χ2n) is 7.14. The third-order valence-corrected chi connectivity index (χ3v) is 5.54. The van der Waals surface area contributed by atoms with Crippen LogP contribution in [0.5, 0.6) is 0 Å². The van der Waals surface area contributed by atoms with Gasteiger partial charge in [-0.05, 0) is 18.1 Å². The number of rotatable bonds is 13. The van der Waals surface area contributed by atoms with E-state index in [1.165, 1.54) is 11.8 Å². The van der Waals surface area contributed by atoms with Crippen LogP contribution in [0.2, 0.25) is 0 Å². The Bertz CT molecular complexity index is 924. The van der Waals surface area contributed by atoms with Gasteiger partial charge >= 0.3 is 18.2 Å². The monoisotopic (exact) mass is 486 g/mol. The normalized spacial score (nSPS) is 11.1. The van der Waals surface area contributed by atoms with Crippen molar-refractivity contribution >= 4 is 29.9 Å². The summed E-state index contributed by atoms with van der Waals surface area (Å²) in [5.41, 5.74) is 2.16. The Morgan fingerprint density at radius 2 is 1.44 bits per heavy atom. The van der Waals surface area contributed by atoms with Gasteiger partial charge in [0, 0.05) is 30.2 Å². The van der Waals surface area contributed by atoms with Gasteiger partial charge in [0.05, 0.1) is 6.61 Å². The lowest BCUT2D eigenvalue weighted by atomic mass is 10.2. The first-order valence-corrected chi connectivity index (χ1v) is 12.0. The van der Waals surface area contributed by atoms with Crippen LogP contribution >= 0.6 is 11.8 Å². The Hall–Kier alpha value is -3.46. The summed E-state index contributed by atoms with van der Waals surface area (Å²) in [6.07, 6.45) is -1.98. The molecule has 0 spiro atoms. The molecule has 34 heavy (non-hydrogen) atoms. The number of benzene rings is 2. The Balaban J connectivity index is 1.83. The molecule has 1 unspecified atom stereocenters. The lowest BCUT2D eigenvalue weighted by molar-refractivity contribution is -0.138. The number of carbonyl (C=O) groups excluding carboxylic acids is 3. The summed E-state index contributed by atoms with van der Waals surface area (Å²) >= 11 is 1.32. The Morgan fingerprint density at radius 3 is 2.00 bits per heavy atom. The van der Waals surface area contributed by atoms with Gasteiger partial charge in [-0.1, -0.05) is 67.2 Å². The van der Waals surface area contributed by atoms with E-state index in [0.717, 1.165) is 11.1 Å². The van der Waals surface area contributed by atoms with E-state index >= 15 is 0 Å². The summed E-state index contributed by atoms with van der Waals surface area (Å²) in [6.45, 7) is 6.17. The van der Waals surface area contributed by atoms with E-state index < -0.39 is 24.3 Å². The Kier molecular flexibility index (Phi) is 12.1. The van der Waals surface area contributed by atoms with Crippen molar-refractivity contribution in [2.24, 2.45) is 0 Å². The molecule has 182 valence electrons. The summed E-state index contributed by atoms with van der Waals surface area (Å²) < 4.78 is 15.6. The molecule has 9 heteroatoms. The molecule has 2 N–H and O–H groups in total. The molecule has 0 fully saturated rings. The molecule has 0 aromatic heterocycles. The highest BCUT2D eigenvalue weighted by Gasteiger charge is 2.18. The number of thioether (sulfide) groups is 1. The van der Waals surface area contributed by atoms with Crippen LogP contribution in [-0.2, 0) is 32.1 Å². The SMILES string of the molecule is C=C(CSCC(COC(=O)NCc1ccccc1)OC(=O)NCc1ccccc1)C(=O)OCC. The second kappa shape index (κ2) is 15.4. The van der Waals surface area contributed by atoms with E-state index in [9.17, 15) is 14.4 Å². The van der Waals surface area contributed by atoms with Gasteiger partial charge in [-0.25, -0.2) is 14.4 Å². The van der Waals surface area contributed by atoms with Crippen LogP contribution in [-0.4, -0.2) is 49.0 Å². The summed E-state index contributed by atoms with van der Waals surface area (Å²) in [4.78, 5) is 36.1.